The van der Waals surface area contributed by atoms with Gasteiger partial charge in [0.1, 0.15) is 17.2 Å². The molecule has 0 atom stereocenters. The first-order valence-electron chi connectivity index (χ1n) is 9.25. The molecule has 3 aromatic rings. The van der Waals surface area contributed by atoms with Crippen molar-refractivity contribution in [3.8, 4) is 28.7 Å². The Labute approximate surface area is 178 Å². The standard InChI is InChI=1S/C21H23N3O5S/c1-26-14-6-9-16(10-7-14)30-12-4-5-19(25)22-21-24-23-20(29-21)17-11-8-15(27-2)13-18(17)28-3/h6-11,13H,4-5,12H2,1-3H3,(H,22,24,25). The number of anilines is 1. The lowest BCUT2D eigenvalue weighted by Gasteiger charge is -2.07. The molecular formula is C21H23N3O5S. The van der Waals surface area contributed by atoms with Crippen LogP contribution in [0.4, 0.5) is 6.01 Å². The molecule has 9 heteroatoms. The summed E-state index contributed by atoms with van der Waals surface area (Å²) in [4.78, 5) is 13.3. The van der Waals surface area contributed by atoms with Gasteiger partial charge in [0, 0.05) is 17.4 Å². The number of carbonyl (C=O) groups excluding carboxylic acids is 1. The highest BCUT2D eigenvalue weighted by molar-refractivity contribution is 7.99. The zero-order valence-electron chi connectivity index (χ0n) is 17.0. The molecule has 0 bridgehead atoms. The fourth-order valence-electron chi connectivity index (χ4n) is 2.63. The highest BCUT2D eigenvalue weighted by Crippen LogP contribution is 2.33. The highest BCUT2D eigenvalue weighted by Gasteiger charge is 2.15. The maximum absolute atomic E-state index is 12.2. The van der Waals surface area contributed by atoms with Gasteiger partial charge in [0.15, 0.2) is 0 Å². The molecule has 0 saturated heterocycles. The van der Waals surface area contributed by atoms with E-state index in [0.717, 1.165) is 22.8 Å². The van der Waals surface area contributed by atoms with Crippen LogP contribution in [0, 0.1) is 0 Å². The van der Waals surface area contributed by atoms with Gasteiger partial charge in [-0.15, -0.1) is 16.9 Å². The van der Waals surface area contributed by atoms with Crippen molar-refractivity contribution in [1.82, 2.24) is 10.2 Å². The van der Waals surface area contributed by atoms with E-state index in [0.29, 0.717) is 23.5 Å². The largest absolute Gasteiger partial charge is 0.497 e. The molecule has 1 amide bonds. The summed E-state index contributed by atoms with van der Waals surface area (Å²) in [5.41, 5.74) is 0.613. The molecule has 0 spiro atoms. The molecule has 0 radical (unpaired) electrons. The van der Waals surface area contributed by atoms with E-state index in [1.165, 1.54) is 0 Å². The van der Waals surface area contributed by atoms with Crippen LogP contribution in [0.3, 0.4) is 0 Å². The summed E-state index contributed by atoms with van der Waals surface area (Å²) in [5.74, 6) is 2.90. The van der Waals surface area contributed by atoms with E-state index in [4.69, 9.17) is 18.6 Å². The number of carbonyl (C=O) groups is 1. The molecule has 30 heavy (non-hydrogen) atoms. The molecule has 8 nitrogen and oxygen atoms in total. The lowest BCUT2D eigenvalue weighted by atomic mass is 10.2. The first-order valence-corrected chi connectivity index (χ1v) is 10.2. The molecule has 1 N–H and O–H groups in total. The van der Waals surface area contributed by atoms with Crippen LogP contribution in [-0.4, -0.2) is 43.2 Å². The van der Waals surface area contributed by atoms with Crippen molar-refractivity contribution in [3.05, 3.63) is 42.5 Å². The van der Waals surface area contributed by atoms with Gasteiger partial charge in [-0.25, -0.2) is 0 Å². The topological polar surface area (TPSA) is 95.7 Å². The predicted octanol–water partition coefficient (Wildman–Crippen LogP) is 4.27. The Morgan fingerprint density at radius 1 is 1.00 bits per heavy atom. The van der Waals surface area contributed by atoms with E-state index in [1.807, 2.05) is 24.3 Å². The number of rotatable bonds is 10. The summed E-state index contributed by atoms with van der Waals surface area (Å²) < 4.78 is 21.2. The second-order valence-corrected chi connectivity index (χ2v) is 7.32. The van der Waals surface area contributed by atoms with Crippen LogP contribution in [0.25, 0.3) is 11.5 Å². The SMILES string of the molecule is COc1ccc(SCCCC(=O)Nc2nnc(-c3ccc(OC)cc3OC)o2)cc1. The predicted molar refractivity (Wildman–Crippen MR) is 114 cm³/mol. The molecule has 1 heterocycles. The number of methoxy groups -OCH3 is 3. The smallest absolute Gasteiger partial charge is 0.322 e. The van der Waals surface area contributed by atoms with Gasteiger partial charge >= 0.3 is 6.01 Å². The number of ether oxygens (including phenoxy) is 3. The van der Waals surface area contributed by atoms with Gasteiger partial charge in [-0.2, -0.15) is 0 Å². The van der Waals surface area contributed by atoms with Crippen molar-refractivity contribution in [2.75, 3.05) is 32.4 Å². The number of hydrogen-bond acceptors (Lipinski definition) is 8. The molecule has 1 aromatic heterocycles. The molecule has 0 fully saturated rings. The molecule has 158 valence electrons. The fraction of sp³-hybridized carbons (Fsp3) is 0.286. The monoisotopic (exact) mass is 429 g/mol. The van der Waals surface area contributed by atoms with Gasteiger partial charge in [-0.05, 0) is 48.6 Å². The molecular weight excluding hydrogens is 406 g/mol. The summed E-state index contributed by atoms with van der Waals surface area (Å²) in [6, 6.07) is 13.1. The van der Waals surface area contributed by atoms with Crippen molar-refractivity contribution in [1.29, 1.82) is 0 Å². The second-order valence-electron chi connectivity index (χ2n) is 6.15. The second kappa shape index (κ2) is 10.5. The summed E-state index contributed by atoms with van der Waals surface area (Å²) in [6.07, 6.45) is 1.07. The first kappa shape index (κ1) is 21.5. The van der Waals surface area contributed by atoms with Crippen LogP contribution in [0.1, 0.15) is 12.8 Å². The maximum atomic E-state index is 12.2. The van der Waals surface area contributed by atoms with E-state index in [2.05, 4.69) is 15.5 Å². The van der Waals surface area contributed by atoms with E-state index in [-0.39, 0.29) is 17.8 Å². The zero-order valence-corrected chi connectivity index (χ0v) is 17.8. The minimum absolute atomic E-state index is 0.0516. The molecule has 2 aromatic carbocycles. The maximum Gasteiger partial charge on any atom is 0.322 e. The Hall–Kier alpha value is -3.20. The van der Waals surface area contributed by atoms with Gasteiger partial charge in [-0.3, -0.25) is 10.1 Å². The molecule has 0 aliphatic heterocycles. The third kappa shape index (κ3) is 5.66. The average Bonchev–Trinajstić information content (AvgIpc) is 3.24. The number of amides is 1. The van der Waals surface area contributed by atoms with Crippen LogP contribution in [0.15, 0.2) is 51.8 Å². The van der Waals surface area contributed by atoms with E-state index >= 15 is 0 Å². The van der Waals surface area contributed by atoms with Crippen LogP contribution >= 0.6 is 11.8 Å². The van der Waals surface area contributed by atoms with Gasteiger partial charge < -0.3 is 18.6 Å². The Balaban J connectivity index is 1.49. The lowest BCUT2D eigenvalue weighted by Crippen LogP contribution is -2.11. The average molecular weight is 429 g/mol. The van der Waals surface area contributed by atoms with Crippen molar-refractivity contribution >= 4 is 23.7 Å². The molecule has 0 aliphatic rings. The number of aromatic nitrogens is 2. The number of hydrogen-bond donors (Lipinski definition) is 1. The minimum atomic E-state index is -0.178. The highest BCUT2D eigenvalue weighted by atomic mass is 32.2. The van der Waals surface area contributed by atoms with Crippen LogP contribution in [-0.2, 0) is 4.79 Å². The Kier molecular flexibility index (Phi) is 7.56. The fourth-order valence-corrected chi connectivity index (χ4v) is 3.49. The third-order valence-corrected chi connectivity index (χ3v) is 5.29. The lowest BCUT2D eigenvalue weighted by molar-refractivity contribution is -0.116. The van der Waals surface area contributed by atoms with Crippen molar-refractivity contribution in [2.24, 2.45) is 0 Å². The Morgan fingerprint density at radius 3 is 2.43 bits per heavy atom. The van der Waals surface area contributed by atoms with Crippen molar-refractivity contribution in [2.45, 2.75) is 17.7 Å². The van der Waals surface area contributed by atoms with Gasteiger partial charge in [0.05, 0.1) is 26.9 Å². The van der Waals surface area contributed by atoms with E-state index < -0.39 is 0 Å². The minimum Gasteiger partial charge on any atom is -0.497 e. The van der Waals surface area contributed by atoms with Crippen molar-refractivity contribution in [3.63, 3.8) is 0 Å². The van der Waals surface area contributed by atoms with E-state index in [1.54, 1.807) is 51.3 Å². The summed E-state index contributed by atoms with van der Waals surface area (Å²) in [6.45, 7) is 0. The number of thioether (sulfide) groups is 1. The number of benzene rings is 2. The Morgan fingerprint density at radius 2 is 1.73 bits per heavy atom. The molecule has 0 unspecified atom stereocenters. The van der Waals surface area contributed by atoms with Crippen LogP contribution < -0.4 is 19.5 Å². The zero-order chi connectivity index (χ0) is 21.3. The van der Waals surface area contributed by atoms with Gasteiger partial charge in [-0.1, -0.05) is 5.10 Å². The van der Waals surface area contributed by atoms with Crippen LogP contribution in [0.2, 0.25) is 0 Å². The quantitative estimate of drug-likeness (QED) is 0.377. The van der Waals surface area contributed by atoms with E-state index in [9.17, 15) is 4.79 Å². The molecule has 0 saturated carbocycles. The van der Waals surface area contributed by atoms with Gasteiger partial charge in [0.2, 0.25) is 5.91 Å². The third-order valence-electron chi connectivity index (χ3n) is 4.19. The summed E-state index contributed by atoms with van der Waals surface area (Å²) in [7, 11) is 4.76. The Bertz CT molecular complexity index is 975. The first-order chi connectivity index (χ1) is 14.6. The van der Waals surface area contributed by atoms with Gasteiger partial charge in [0.25, 0.3) is 5.89 Å². The summed E-state index contributed by atoms with van der Waals surface area (Å²) in [5, 5.41) is 10.5. The number of nitrogens with zero attached hydrogens (tertiary/aromatic N) is 2. The molecule has 0 aliphatic carbocycles. The van der Waals surface area contributed by atoms with Crippen molar-refractivity contribution < 1.29 is 23.4 Å². The summed E-state index contributed by atoms with van der Waals surface area (Å²) >= 11 is 1.69. The van der Waals surface area contributed by atoms with Crippen LogP contribution in [0.5, 0.6) is 17.2 Å². The normalized spacial score (nSPS) is 10.5. The number of nitrogens with one attached hydrogen (secondary N) is 1. The molecule has 3 rings (SSSR count).